The summed E-state index contributed by atoms with van der Waals surface area (Å²) >= 11 is 1.92. The number of benzene rings is 1. The number of rotatable bonds is 4. The Kier molecular flexibility index (Phi) is 4.13. The summed E-state index contributed by atoms with van der Waals surface area (Å²) in [6.45, 7) is 0. The lowest BCUT2D eigenvalue weighted by atomic mass is 9.77. The second kappa shape index (κ2) is 5.86. The van der Waals surface area contributed by atoms with Gasteiger partial charge < -0.3 is 15.2 Å². The normalized spacial score (nSPS) is 22.1. The maximum atomic E-state index is 6.70. The van der Waals surface area contributed by atoms with Gasteiger partial charge in [0.05, 0.1) is 7.11 Å². The average Bonchev–Trinajstić information content (AvgIpc) is 2.43. The molecule has 1 aromatic carbocycles. The zero-order chi connectivity index (χ0) is 14.0. The molecule has 1 heterocycles. The second-order valence-electron chi connectivity index (χ2n) is 5.83. The lowest BCUT2D eigenvalue weighted by Crippen LogP contribution is -2.40. The largest absolute Gasteiger partial charge is 0.493 e. The Balaban J connectivity index is 1.95. The summed E-state index contributed by atoms with van der Waals surface area (Å²) in [5.41, 5.74) is 7.58. The maximum absolute atomic E-state index is 6.70. The van der Waals surface area contributed by atoms with Gasteiger partial charge in [0.2, 0.25) is 0 Å². The molecular weight excluding hydrogens is 270 g/mol. The van der Waals surface area contributed by atoms with Crippen LogP contribution in [0.1, 0.15) is 37.7 Å². The fraction of sp³-hybridized carbons (Fsp3) is 0.625. The molecule has 0 atom stereocenters. The highest BCUT2D eigenvalue weighted by Crippen LogP contribution is 2.44. The standard InChI is InChI=1S/C16H23NO2S/c1-18-14-7-5-6-13(15(14)19-12-10-20-11-12)16(17)8-3-2-4-9-16/h5-7,12H,2-4,8-11,17H2,1H3. The van der Waals surface area contributed by atoms with E-state index < -0.39 is 0 Å². The molecule has 3 rings (SSSR count). The van der Waals surface area contributed by atoms with Crippen LogP contribution in [0, 0.1) is 0 Å². The van der Waals surface area contributed by atoms with Crippen molar-refractivity contribution in [3.8, 4) is 11.5 Å². The molecule has 0 spiro atoms. The third kappa shape index (κ3) is 2.63. The van der Waals surface area contributed by atoms with Crippen molar-refractivity contribution in [1.29, 1.82) is 0 Å². The minimum Gasteiger partial charge on any atom is -0.493 e. The van der Waals surface area contributed by atoms with Crippen LogP contribution in [-0.2, 0) is 5.54 Å². The van der Waals surface area contributed by atoms with Crippen molar-refractivity contribution >= 4 is 11.8 Å². The van der Waals surface area contributed by atoms with Gasteiger partial charge in [-0.15, -0.1) is 0 Å². The van der Waals surface area contributed by atoms with E-state index in [0.717, 1.165) is 41.4 Å². The van der Waals surface area contributed by atoms with E-state index in [0.29, 0.717) is 6.10 Å². The predicted molar refractivity (Wildman–Crippen MR) is 83.7 cm³/mol. The molecule has 3 nitrogen and oxygen atoms in total. The van der Waals surface area contributed by atoms with Crippen molar-refractivity contribution in [2.24, 2.45) is 5.73 Å². The van der Waals surface area contributed by atoms with Gasteiger partial charge in [-0.1, -0.05) is 31.4 Å². The quantitative estimate of drug-likeness (QED) is 0.925. The van der Waals surface area contributed by atoms with E-state index in [4.69, 9.17) is 15.2 Å². The van der Waals surface area contributed by atoms with E-state index >= 15 is 0 Å². The van der Waals surface area contributed by atoms with E-state index in [9.17, 15) is 0 Å². The van der Waals surface area contributed by atoms with Crippen molar-refractivity contribution in [2.75, 3.05) is 18.6 Å². The summed E-state index contributed by atoms with van der Waals surface area (Å²) in [6, 6.07) is 6.12. The van der Waals surface area contributed by atoms with Crippen LogP contribution < -0.4 is 15.2 Å². The summed E-state index contributed by atoms with van der Waals surface area (Å²) < 4.78 is 11.7. The molecule has 1 aromatic rings. The third-order valence-electron chi connectivity index (χ3n) is 4.37. The van der Waals surface area contributed by atoms with E-state index in [-0.39, 0.29) is 5.54 Å². The Morgan fingerprint density at radius 1 is 1.20 bits per heavy atom. The van der Waals surface area contributed by atoms with Crippen LogP contribution >= 0.6 is 11.8 Å². The Morgan fingerprint density at radius 3 is 2.55 bits per heavy atom. The fourth-order valence-corrected chi connectivity index (χ4v) is 3.66. The Morgan fingerprint density at radius 2 is 1.95 bits per heavy atom. The molecule has 2 N–H and O–H groups in total. The summed E-state index contributed by atoms with van der Waals surface area (Å²) in [4.78, 5) is 0. The summed E-state index contributed by atoms with van der Waals surface area (Å²) in [5, 5.41) is 0. The highest BCUT2D eigenvalue weighted by Gasteiger charge is 2.34. The van der Waals surface area contributed by atoms with Crippen molar-refractivity contribution in [3.05, 3.63) is 23.8 Å². The van der Waals surface area contributed by atoms with Crippen molar-refractivity contribution < 1.29 is 9.47 Å². The first kappa shape index (κ1) is 14.1. The van der Waals surface area contributed by atoms with Gasteiger partial charge in [-0.05, 0) is 18.9 Å². The molecule has 110 valence electrons. The van der Waals surface area contributed by atoms with Crippen LogP contribution in [0.2, 0.25) is 0 Å². The van der Waals surface area contributed by atoms with Crippen molar-refractivity contribution in [3.63, 3.8) is 0 Å². The van der Waals surface area contributed by atoms with E-state index in [1.54, 1.807) is 7.11 Å². The number of hydrogen-bond acceptors (Lipinski definition) is 4. The van der Waals surface area contributed by atoms with Crippen molar-refractivity contribution in [2.45, 2.75) is 43.7 Å². The lowest BCUT2D eigenvalue weighted by molar-refractivity contribution is 0.212. The van der Waals surface area contributed by atoms with Crippen LogP contribution in [0.3, 0.4) is 0 Å². The van der Waals surface area contributed by atoms with Gasteiger partial charge in [0.1, 0.15) is 6.10 Å². The molecule has 20 heavy (non-hydrogen) atoms. The van der Waals surface area contributed by atoms with Crippen LogP contribution in [0.4, 0.5) is 0 Å². The molecule has 0 radical (unpaired) electrons. The number of hydrogen-bond donors (Lipinski definition) is 1. The van der Waals surface area contributed by atoms with Crippen LogP contribution in [-0.4, -0.2) is 24.7 Å². The topological polar surface area (TPSA) is 44.5 Å². The highest BCUT2D eigenvalue weighted by molar-refractivity contribution is 8.00. The van der Waals surface area contributed by atoms with Gasteiger partial charge in [0, 0.05) is 22.6 Å². The summed E-state index contributed by atoms with van der Waals surface area (Å²) in [6.07, 6.45) is 6.07. The van der Waals surface area contributed by atoms with Crippen LogP contribution in [0.5, 0.6) is 11.5 Å². The molecule has 2 aliphatic rings. The molecule has 4 heteroatoms. The lowest BCUT2D eigenvalue weighted by Gasteiger charge is -2.37. The van der Waals surface area contributed by atoms with Gasteiger partial charge in [-0.25, -0.2) is 0 Å². The van der Waals surface area contributed by atoms with E-state index in [1.165, 1.54) is 19.3 Å². The molecule has 0 aromatic heterocycles. The molecule has 1 saturated carbocycles. The fourth-order valence-electron chi connectivity index (χ4n) is 3.09. The Hall–Kier alpha value is -0.870. The third-order valence-corrected chi connectivity index (χ3v) is 5.59. The first-order chi connectivity index (χ1) is 9.73. The zero-order valence-electron chi connectivity index (χ0n) is 12.1. The summed E-state index contributed by atoms with van der Waals surface area (Å²) in [5.74, 6) is 3.82. The second-order valence-corrected chi connectivity index (χ2v) is 6.91. The maximum Gasteiger partial charge on any atom is 0.166 e. The van der Waals surface area contributed by atoms with Gasteiger partial charge in [-0.3, -0.25) is 0 Å². The molecular formula is C16H23NO2S. The first-order valence-electron chi connectivity index (χ1n) is 7.44. The smallest absolute Gasteiger partial charge is 0.166 e. The predicted octanol–water partition coefficient (Wildman–Crippen LogP) is 3.31. The van der Waals surface area contributed by atoms with Crippen molar-refractivity contribution in [1.82, 2.24) is 0 Å². The van der Waals surface area contributed by atoms with E-state index in [2.05, 4.69) is 6.07 Å². The van der Waals surface area contributed by atoms with Gasteiger partial charge in [0.25, 0.3) is 0 Å². The molecule has 0 bridgehead atoms. The summed E-state index contributed by atoms with van der Waals surface area (Å²) in [7, 11) is 1.70. The minimum absolute atomic E-state index is 0.251. The minimum atomic E-state index is -0.251. The first-order valence-corrected chi connectivity index (χ1v) is 8.59. The monoisotopic (exact) mass is 293 g/mol. The van der Waals surface area contributed by atoms with Crippen LogP contribution in [0.15, 0.2) is 18.2 Å². The zero-order valence-corrected chi connectivity index (χ0v) is 12.9. The number of thioether (sulfide) groups is 1. The molecule has 1 aliphatic carbocycles. The van der Waals surface area contributed by atoms with Gasteiger partial charge in [0.15, 0.2) is 11.5 Å². The van der Waals surface area contributed by atoms with Crippen LogP contribution in [0.25, 0.3) is 0 Å². The Bertz CT molecular complexity index is 468. The SMILES string of the molecule is COc1cccc(C2(N)CCCCC2)c1OC1CSC1. The molecule has 1 aliphatic heterocycles. The van der Waals surface area contributed by atoms with E-state index in [1.807, 2.05) is 23.9 Å². The number of para-hydroxylation sites is 1. The number of nitrogens with two attached hydrogens (primary N) is 1. The molecule has 2 fully saturated rings. The number of methoxy groups -OCH3 is 1. The number of ether oxygens (including phenoxy) is 2. The Labute approximate surface area is 125 Å². The molecule has 1 saturated heterocycles. The highest BCUT2D eigenvalue weighted by atomic mass is 32.2. The average molecular weight is 293 g/mol. The van der Waals surface area contributed by atoms with Gasteiger partial charge >= 0.3 is 0 Å². The molecule has 0 amide bonds. The molecule has 0 unspecified atom stereocenters. The van der Waals surface area contributed by atoms with Gasteiger partial charge in [-0.2, -0.15) is 11.8 Å².